The first-order valence-corrected chi connectivity index (χ1v) is 6.43. The monoisotopic (exact) mass is 318 g/mol. The van der Waals surface area contributed by atoms with Gasteiger partial charge in [-0.3, -0.25) is 0 Å². The van der Waals surface area contributed by atoms with Gasteiger partial charge in [0.2, 0.25) is 5.95 Å². The fourth-order valence-corrected chi connectivity index (χ4v) is 1.63. The Kier molecular flexibility index (Phi) is 5.77. The summed E-state index contributed by atoms with van der Waals surface area (Å²) in [6.45, 7) is 2.66. The van der Waals surface area contributed by atoms with Crippen molar-refractivity contribution in [1.29, 1.82) is 0 Å². The van der Waals surface area contributed by atoms with Gasteiger partial charge in [-0.1, -0.05) is 0 Å². The predicted octanol–water partition coefficient (Wildman–Crippen LogP) is 1.48. The molecular formula is C11H19BrN4O2. The van der Waals surface area contributed by atoms with E-state index in [4.69, 9.17) is 4.74 Å². The summed E-state index contributed by atoms with van der Waals surface area (Å²) in [4.78, 5) is 8.31. The number of aliphatic hydroxyl groups is 1. The van der Waals surface area contributed by atoms with Gasteiger partial charge < -0.3 is 20.5 Å². The molecule has 0 aromatic carbocycles. The highest BCUT2D eigenvalue weighted by Crippen LogP contribution is 2.21. The summed E-state index contributed by atoms with van der Waals surface area (Å²) >= 11 is 3.36. The van der Waals surface area contributed by atoms with Crippen LogP contribution in [-0.2, 0) is 4.74 Å². The Bertz CT molecular complexity index is 387. The van der Waals surface area contributed by atoms with Gasteiger partial charge in [-0.05, 0) is 22.9 Å². The van der Waals surface area contributed by atoms with E-state index in [1.807, 2.05) is 0 Å². The summed E-state index contributed by atoms with van der Waals surface area (Å²) in [7, 11) is 3.37. The molecule has 0 spiro atoms. The van der Waals surface area contributed by atoms with E-state index in [9.17, 15) is 5.11 Å². The van der Waals surface area contributed by atoms with Crippen LogP contribution in [0.3, 0.4) is 0 Å². The van der Waals surface area contributed by atoms with Crippen molar-refractivity contribution in [3.05, 3.63) is 10.7 Å². The molecule has 0 fully saturated rings. The van der Waals surface area contributed by atoms with Crippen molar-refractivity contribution in [1.82, 2.24) is 9.97 Å². The highest BCUT2D eigenvalue weighted by molar-refractivity contribution is 9.10. The number of halogens is 1. The zero-order valence-corrected chi connectivity index (χ0v) is 12.4. The van der Waals surface area contributed by atoms with Crippen LogP contribution in [0.2, 0.25) is 0 Å². The van der Waals surface area contributed by atoms with Crippen LogP contribution in [0, 0.1) is 0 Å². The first kappa shape index (κ1) is 15.1. The number of ether oxygens (including phenoxy) is 1. The van der Waals surface area contributed by atoms with Crippen molar-refractivity contribution in [2.45, 2.75) is 18.9 Å². The number of aromatic nitrogens is 2. The van der Waals surface area contributed by atoms with Crippen LogP contribution in [0.15, 0.2) is 10.7 Å². The normalized spacial score (nSPS) is 14.1. The highest BCUT2D eigenvalue weighted by atomic mass is 79.9. The molecule has 0 saturated carbocycles. The highest BCUT2D eigenvalue weighted by Gasteiger charge is 2.20. The van der Waals surface area contributed by atoms with Crippen LogP contribution < -0.4 is 10.6 Å². The van der Waals surface area contributed by atoms with Gasteiger partial charge in [0.25, 0.3) is 0 Å². The van der Waals surface area contributed by atoms with Gasteiger partial charge >= 0.3 is 0 Å². The molecule has 6 nitrogen and oxygen atoms in total. The second kappa shape index (κ2) is 6.86. The van der Waals surface area contributed by atoms with E-state index in [0.29, 0.717) is 31.3 Å². The Morgan fingerprint density at radius 1 is 1.56 bits per heavy atom. The molecular weight excluding hydrogens is 300 g/mol. The summed E-state index contributed by atoms with van der Waals surface area (Å²) in [6, 6.07) is 0. The number of hydrogen-bond acceptors (Lipinski definition) is 6. The maximum atomic E-state index is 10.1. The molecule has 1 atom stereocenters. The molecule has 7 heteroatoms. The molecule has 3 N–H and O–H groups in total. The fourth-order valence-electron chi connectivity index (χ4n) is 1.30. The van der Waals surface area contributed by atoms with Gasteiger partial charge in [0.15, 0.2) is 0 Å². The van der Waals surface area contributed by atoms with Gasteiger partial charge in [0.1, 0.15) is 5.82 Å². The fraction of sp³-hybridized carbons (Fsp3) is 0.636. The quantitative estimate of drug-likeness (QED) is 0.706. The number of hydrogen-bond donors (Lipinski definition) is 3. The van der Waals surface area contributed by atoms with Crippen LogP contribution in [-0.4, -0.2) is 48.0 Å². The van der Waals surface area contributed by atoms with E-state index in [2.05, 4.69) is 36.5 Å². The molecule has 0 saturated heterocycles. The van der Waals surface area contributed by atoms with Crippen LogP contribution in [0.25, 0.3) is 0 Å². The predicted molar refractivity (Wildman–Crippen MR) is 74.9 cm³/mol. The molecule has 0 aliphatic carbocycles. The van der Waals surface area contributed by atoms with E-state index in [1.54, 1.807) is 27.3 Å². The van der Waals surface area contributed by atoms with E-state index in [-0.39, 0.29) is 0 Å². The molecule has 1 aromatic heterocycles. The molecule has 0 aliphatic heterocycles. The SMILES string of the molecule is CNc1ncc(Br)c(NCC(C)(O)CCOC)n1. The van der Waals surface area contributed by atoms with Crippen molar-refractivity contribution < 1.29 is 9.84 Å². The zero-order chi connectivity index (χ0) is 13.6. The lowest BCUT2D eigenvalue weighted by Gasteiger charge is -2.23. The van der Waals surface area contributed by atoms with E-state index in [1.165, 1.54) is 0 Å². The van der Waals surface area contributed by atoms with Crippen LogP contribution in [0.1, 0.15) is 13.3 Å². The Labute approximate surface area is 115 Å². The molecule has 1 unspecified atom stereocenters. The molecule has 1 aromatic rings. The van der Waals surface area contributed by atoms with Crippen molar-refractivity contribution >= 4 is 27.7 Å². The Morgan fingerprint density at radius 3 is 2.89 bits per heavy atom. The lowest BCUT2D eigenvalue weighted by Crippen LogP contribution is -2.35. The number of anilines is 2. The molecule has 18 heavy (non-hydrogen) atoms. The second-order valence-electron chi connectivity index (χ2n) is 4.23. The number of methoxy groups -OCH3 is 1. The lowest BCUT2D eigenvalue weighted by atomic mass is 10.0. The Balaban J connectivity index is 2.62. The Morgan fingerprint density at radius 2 is 2.28 bits per heavy atom. The van der Waals surface area contributed by atoms with Crippen molar-refractivity contribution in [3.8, 4) is 0 Å². The standard InChI is InChI=1S/C11H19BrN4O2/c1-11(17,4-5-18-3)7-15-9-8(12)6-14-10(13-2)16-9/h6,17H,4-5,7H2,1-3H3,(H2,13,14,15,16). The summed E-state index contributed by atoms with van der Waals surface area (Å²) in [5.74, 6) is 1.17. The summed E-state index contributed by atoms with van der Waals surface area (Å²) in [5.41, 5.74) is -0.847. The van der Waals surface area contributed by atoms with Gasteiger partial charge in [0, 0.05) is 39.9 Å². The average molecular weight is 319 g/mol. The zero-order valence-electron chi connectivity index (χ0n) is 10.8. The topological polar surface area (TPSA) is 79.3 Å². The van der Waals surface area contributed by atoms with E-state index in [0.717, 1.165) is 4.47 Å². The van der Waals surface area contributed by atoms with Crippen LogP contribution in [0.4, 0.5) is 11.8 Å². The summed E-state index contributed by atoms with van der Waals surface area (Å²) in [5, 5.41) is 16.1. The third kappa shape index (κ3) is 4.75. The van der Waals surface area contributed by atoms with Gasteiger partial charge in [-0.15, -0.1) is 0 Å². The maximum Gasteiger partial charge on any atom is 0.224 e. The summed E-state index contributed by atoms with van der Waals surface area (Å²) in [6.07, 6.45) is 2.21. The molecule has 0 radical (unpaired) electrons. The molecule has 1 rings (SSSR count). The smallest absolute Gasteiger partial charge is 0.224 e. The number of rotatable bonds is 7. The largest absolute Gasteiger partial charge is 0.388 e. The molecule has 102 valence electrons. The van der Waals surface area contributed by atoms with Gasteiger partial charge in [-0.25, -0.2) is 4.98 Å². The maximum absolute atomic E-state index is 10.1. The average Bonchev–Trinajstić information content (AvgIpc) is 2.35. The van der Waals surface area contributed by atoms with Crippen molar-refractivity contribution in [2.75, 3.05) is 37.9 Å². The molecule has 0 amide bonds. The van der Waals surface area contributed by atoms with Gasteiger partial charge in [0.05, 0.1) is 10.1 Å². The van der Waals surface area contributed by atoms with E-state index < -0.39 is 5.60 Å². The van der Waals surface area contributed by atoms with Crippen LogP contribution in [0.5, 0.6) is 0 Å². The third-order valence-electron chi connectivity index (χ3n) is 2.45. The Hall–Kier alpha value is -0.920. The molecule has 1 heterocycles. The van der Waals surface area contributed by atoms with Gasteiger partial charge in [-0.2, -0.15) is 4.98 Å². The number of nitrogens with one attached hydrogen (secondary N) is 2. The first-order chi connectivity index (χ1) is 8.48. The van der Waals surface area contributed by atoms with E-state index >= 15 is 0 Å². The minimum absolute atomic E-state index is 0.384. The molecule has 0 aliphatic rings. The van der Waals surface area contributed by atoms with Crippen molar-refractivity contribution in [3.63, 3.8) is 0 Å². The van der Waals surface area contributed by atoms with Crippen LogP contribution >= 0.6 is 15.9 Å². The number of nitrogens with zero attached hydrogens (tertiary/aromatic N) is 2. The minimum atomic E-state index is -0.847. The molecule has 0 bridgehead atoms. The minimum Gasteiger partial charge on any atom is -0.388 e. The lowest BCUT2D eigenvalue weighted by molar-refractivity contribution is 0.0357. The van der Waals surface area contributed by atoms with Crippen molar-refractivity contribution in [2.24, 2.45) is 0 Å². The summed E-state index contributed by atoms with van der Waals surface area (Å²) < 4.78 is 5.71. The first-order valence-electron chi connectivity index (χ1n) is 5.64. The second-order valence-corrected chi connectivity index (χ2v) is 5.09. The third-order valence-corrected chi connectivity index (χ3v) is 3.03.